The molecule has 1 atom stereocenters. The second kappa shape index (κ2) is 7.35. The quantitative estimate of drug-likeness (QED) is 0.682. The van der Waals surface area contributed by atoms with Crippen molar-refractivity contribution in [3.05, 3.63) is 60.0 Å². The van der Waals surface area contributed by atoms with Crippen LogP contribution in [-0.4, -0.2) is 46.0 Å². The molecule has 0 N–H and O–H groups in total. The molecule has 1 aromatic carbocycles. The van der Waals surface area contributed by atoms with Crippen molar-refractivity contribution in [2.45, 2.75) is 19.1 Å². The van der Waals surface area contributed by atoms with Crippen LogP contribution in [0.25, 0.3) is 11.0 Å². The Labute approximate surface area is 160 Å². The van der Waals surface area contributed by atoms with E-state index in [-0.39, 0.29) is 6.04 Å². The first kappa shape index (κ1) is 18.6. The van der Waals surface area contributed by atoms with E-state index in [1.807, 2.05) is 11.0 Å². The molecule has 0 spiro atoms. The molecule has 8 heteroatoms. The van der Waals surface area contributed by atoms with Crippen LogP contribution in [0.5, 0.6) is 0 Å². The number of nitrogens with zero attached hydrogens (tertiary/aromatic N) is 5. The van der Waals surface area contributed by atoms with Gasteiger partial charge in [-0.2, -0.15) is 13.2 Å². The summed E-state index contributed by atoms with van der Waals surface area (Å²) in [5.74, 6) is 0.585. The Balaban J connectivity index is 1.41. The third kappa shape index (κ3) is 3.77. The van der Waals surface area contributed by atoms with Gasteiger partial charge in [0.05, 0.1) is 16.6 Å². The zero-order valence-corrected chi connectivity index (χ0v) is 15.4. The van der Waals surface area contributed by atoms with E-state index >= 15 is 0 Å². The highest BCUT2D eigenvalue weighted by Gasteiger charge is 2.31. The van der Waals surface area contributed by atoms with Crippen LogP contribution in [-0.2, 0) is 6.18 Å². The maximum absolute atomic E-state index is 12.7. The zero-order valence-electron chi connectivity index (χ0n) is 15.4. The Bertz CT molecular complexity index is 950. The van der Waals surface area contributed by atoms with E-state index in [1.165, 1.54) is 11.6 Å². The first-order valence-electron chi connectivity index (χ1n) is 9.15. The van der Waals surface area contributed by atoms with Crippen LogP contribution in [0.3, 0.4) is 0 Å². The molecule has 1 aliphatic heterocycles. The van der Waals surface area contributed by atoms with Gasteiger partial charge in [-0.25, -0.2) is 4.98 Å². The van der Waals surface area contributed by atoms with Gasteiger partial charge in [0.2, 0.25) is 0 Å². The van der Waals surface area contributed by atoms with Gasteiger partial charge in [0.15, 0.2) is 0 Å². The number of hydrogen-bond acceptors (Lipinski definition) is 5. The number of pyridine rings is 1. The third-order valence-corrected chi connectivity index (χ3v) is 5.24. The largest absolute Gasteiger partial charge is 0.417 e. The van der Waals surface area contributed by atoms with E-state index in [4.69, 9.17) is 0 Å². The summed E-state index contributed by atoms with van der Waals surface area (Å²) in [6.45, 7) is 5.21. The number of hydrogen-bond donors (Lipinski definition) is 0. The summed E-state index contributed by atoms with van der Waals surface area (Å²) >= 11 is 0. The molecule has 0 aliphatic carbocycles. The number of halogens is 3. The number of fused-ring (bicyclic) bond motifs is 1. The van der Waals surface area contributed by atoms with Gasteiger partial charge in [-0.15, -0.1) is 0 Å². The number of piperazine rings is 1. The highest BCUT2D eigenvalue weighted by atomic mass is 19.4. The topological polar surface area (TPSA) is 45.2 Å². The molecule has 2 aromatic heterocycles. The van der Waals surface area contributed by atoms with E-state index in [9.17, 15) is 13.2 Å². The van der Waals surface area contributed by atoms with Crippen LogP contribution in [0.4, 0.5) is 19.0 Å². The first-order chi connectivity index (χ1) is 13.4. The van der Waals surface area contributed by atoms with Crippen LogP contribution in [0.1, 0.15) is 24.1 Å². The predicted molar refractivity (Wildman–Crippen MR) is 101 cm³/mol. The minimum absolute atomic E-state index is 0.217. The lowest BCUT2D eigenvalue weighted by atomic mass is 10.0. The molecule has 3 heterocycles. The molecule has 0 amide bonds. The van der Waals surface area contributed by atoms with Crippen molar-refractivity contribution < 1.29 is 13.2 Å². The fourth-order valence-corrected chi connectivity index (χ4v) is 3.53. The molecular formula is C20H20F3N5. The number of aromatic nitrogens is 3. The van der Waals surface area contributed by atoms with E-state index in [0.717, 1.165) is 49.5 Å². The molecule has 146 valence electrons. The predicted octanol–water partition coefficient (Wildman–Crippen LogP) is 3.93. The molecule has 5 nitrogen and oxygen atoms in total. The summed E-state index contributed by atoms with van der Waals surface area (Å²) in [6, 6.07) is 8.88. The van der Waals surface area contributed by atoms with Gasteiger partial charge in [-0.3, -0.25) is 14.9 Å². The Morgan fingerprint density at radius 2 is 1.61 bits per heavy atom. The fourth-order valence-electron chi connectivity index (χ4n) is 3.53. The molecule has 0 bridgehead atoms. The Morgan fingerprint density at radius 3 is 2.25 bits per heavy atom. The van der Waals surface area contributed by atoms with Crippen LogP contribution >= 0.6 is 0 Å². The van der Waals surface area contributed by atoms with Crippen molar-refractivity contribution in [3.8, 4) is 0 Å². The lowest BCUT2D eigenvalue weighted by molar-refractivity contribution is -0.137. The maximum atomic E-state index is 12.7. The fraction of sp³-hybridized carbons (Fsp3) is 0.350. The van der Waals surface area contributed by atoms with Crippen LogP contribution < -0.4 is 4.90 Å². The van der Waals surface area contributed by atoms with Crippen LogP contribution in [0, 0.1) is 0 Å². The standard InChI is InChI=1S/C20H20F3N5/c1-14(15-2-4-17-18(12-15)25-7-6-24-17)27-8-10-28(11-9-27)19-5-3-16(13-26-19)20(21,22)23/h2-7,12-14H,8-11H2,1H3. The molecule has 1 saturated heterocycles. The van der Waals surface area contributed by atoms with Gasteiger partial charge >= 0.3 is 6.18 Å². The van der Waals surface area contributed by atoms with Crippen molar-refractivity contribution in [1.29, 1.82) is 0 Å². The molecule has 1 unspecified atom stereocenters. The Morgan fingerprint density at radius 1 is 0.893 bits per heavy atom. The second-order valence-corrected chi connectivity index (χ2v) is 6.91. The molecule has 4 rings (SSSR count). The number of rotatable bonds is 3. The molecule has 28 heavy (non-hydrogen) atoms. The van der Waals surface area contributed by atoms with Crippen LogP contribution in [0.15, 0.2) is 48.9 Å². The summed E-state index contributed by atoms with van der Waals surface area (Å²) in [7, 11) is 0. The van der Waals surface area contributed by atoms with E-state index in [2.05, 4.69) is 38.9 Å². The van der Waals surface area contributed by atoms with E-state index in [1.54, 1.807) is 12.4 Å². The van der Waals surface area contributed by atoms with Gasteiger partial charge < -0.3 is 4.90 Å². The van der Waals surface area contributed by atoms with E-state index in [0.29, 0.717) is 5.82 Å². The zero-order chi connectivity index (χ0) is 19.7. The summed E-state index contributed by atoms with van der Waals surface area (Å²) in [4.78, 5) is 17.1. The van der Waals surface area contributed by atoms with Gasteiger partial charge in [0, 0.05) is 50.8 Å². The normalized spacial score (nSPS) is 17.1. The molecule has 1 fully saturated rings. The van der Waals surface area contributed by atoms with Gasteiger partial charge in [-0.05, 0) is 36.8 Å². The van der Waals surface area contributed by atoms with Crippen LogP contribution in [0.2, 0.25) is 0 Å². The molecule has 3 aromatic rings. The van der Waals surface area contributed by atoms with Gasteiger partial charge in [0.25, 0.3) is 0 Å². The number of benzene rings is 1. The summed E-state index contributed by atoms with van der Waals surface area (Å²) < 4.78 is 38.1. The van der Waals surface area contributed by atoms with E-state index < -0.39 is 11.7 Å². The lowest BCUT2D eigenvalue weighted by Crippen LogP contribution is -2.47. The third-order valence-electron chi connectivity index (χ3n) is 5.24. The van der Waals surface area contributed by atoms with Gasteiger partial charge in [-0.1, -0.05) is 6.07 Å². The smallest absolute Gasteiger partial charge is 0.354 e. The molecular weight excluding hydrogens is 367 g/mol. The van der Waals surface area contributed by atoms with Crippen molar-refractivity contribution in [1.82, 2.24) is 19.9 Å². The monoisotopic (exact) mass is 387 g/mol. The van der Waals surface area contributed by atoms with Crippen molar-refractivity contribution >= 4 is 16.9 Å². The van der Waals surface area contributed by atoms with Crippen molar-refractivity contribution in [2.24, 2.45) is 0 Å². The number of anilines is 1. The first-order valence-corrected chi connectivity index (χ1v) is 9.15. The second-order valence-electron chi connectivity index (χ2n) is 6.91. The van der Waals surface area contributed by atoms with Crippen molar-refractivity contribution in [3.63, 3.8) is 0 Å². The molecule has 0 radical (unpaired) electrons. The highest BCUT2D eigenvalue weighted by molar-refractivity contribution is 5.74. The summed E-state index contributed by atoms with van der Waals surface area (Å²) in [5.41, 5.74) is 2.20. The number of alkyl halides is 3. The molecule has 1 aliphatic rings. The average Bonchev–Trinajstić information content (AvgIpc) is 2.72. The van der Waals surface area contributed by atoms with Gasteiger partial charge in [0.1, 0.15) is 5.82 Å². The Hall–Kier alpha value is -2.74. The maximum Gasteiger partial charge on any atom is 0.417 e. The summed E-state index contributed by atoms with van der Waals surface area (Å²) in [5, 5.41) is 0. The lowest BCUT2D eigenvalue weighted by Gasteiger charge is -2.38. The SMILES string of the molecule is CC(c1ccc2nccnc2c1)N1CCN(c2ccc(C(F)(F)F)cn2)CC1. The van der Waals surface area contributed by atoms with Crippen molar-refractivity contribution in [2.75, 3.05) is 31.1 Å². The Kier molecular flexibility index (Phi) is 4.89. The average molecular weight is 387 g/mol. The minimum Gasteiger partial charge on any atom is -0.354 e. The molecule has 0 saturated carbocycles. The summed E-state index contributed by atoms with van der Waals surface area (Å²) in [6.07, 6.45) is -0.0864. The minimum atomic E-state index is -4.36. The highest BCUT2D eigenvalue weighted by Crippen LogP contribution is 2.30.